The summed E-state index contributed by atoms with van der Waals surface area (Å²) < 4.78 is 0. The fourth-order valence-electron chi connectivity index (χ4n) is 4.32. The van der Waals surface area contributed by atoms with E-state index in [-0.39, 0.29) is 0 Å². The molecule has 20 heavy (non-hydrogen) atoms. The molecule has 2 atom stereocenters. The summed E-state index contributed by atoms with van der Waals surface area (Å²) in [5, 5.41) is 3.63. The highest BCUT2D eigenvalue weighted by Gasteiger charge is 2.26. The summed E-state index contributed by atoms with van der Waals surface area (Å²) >= 11 is 0. The van der Waals surface area contributed by atoms with E-state index in [1.165, 1.54) is 71.0 Å². The summed E-state index contributed by atoms with van der Waals surface area (Å²) in [4.78, 5) is 2.75. The van der Waals surface area contributed by atoms with E-state index in [0.29, 0.717) is 0 Å². The highest BCUT2D eigenvalue weighted by Crippen LogP contribution is 2.28. The molecule has 0 spiro atoms. The predicted octanol–water partition coefficient (Wildman–Crippen LogP) is 3.91. The van der Waals surface area contributed by atoms with Crippen molar-refractivity contribution < 1.29 is 0 Å². The van der Waals surface area contributed by atoms with E-state index in [2.05, 4.69) is 31.1 Å². The van der Waals surface area contributed by atoms with Gasteiger partial charge in [-0.15, -0.1) is 0 Å². The Bertz CT molecular complexity index is 258. The molecule has 1 aliphatic heterocycles. The highest BCUT2D eigenvalue weighted by atomic mass is 15.1. The van der Waals surface area contributed by atoms with E-state index in [1.807, 2.05) is 0 Å². The van der Waals surface area contributed by atoms with Crippen molar-refractivity contribution in [1.82, 2.24) is 10.2 Å². The molecule has 1 heterocycles. The largest absolute Gasteiger partial charge is 0.315 e. The summed E-state index contributed by atoms with van der Waals surface area (Å²) in [5.74, 6) is 2.76. The summed E-state index contributed by atoms with van der Waals surface area (Å²) in [6.45, 7) is 8.74. The van der Waals surface area contributed by atoms with Gasteiger partial charge in [-0.25, -0.2) is 0 Å². The molecule has 1 saturated carbocycles. The molecule has 0 aromatic heterocycles. The minimum absolute atomic E-state index is 0.728. The number of likely N-dealkylation sites (tertiary alicyclic amines) is 1. The first-order chi connectivity index (χ1) is 9.70. The molecule has 2 rings (SSSR count). The van der Waals surface area contributed by atoms with Gasteiger partial charge < -0.3 is 10.2 Å². The van der Waals surface area contributed by atoms with Crippen LogP contribution in [0.2, 0.25) is 0 Å². The van der Waals surface area contributed by atoms with Crippen LogP contribution in [0, 0.1) is 17.8 Å². The fourth-order valence-corrected chi connectivity index (χ4v) is 4.32. The van der Waals surface area contributed by atoms with Gasteiger partial charge in [-0.05, 0) is 70.0 Å². The quantitative estimate of drug-likeness (QED) is 0.821. The zero-order valence-corrected chi connectivity index (χ0v) is 14.0. The lowest BCUT2D eigenvalue weighted by molar-refractivity contribution is 0.190. The Kier molecular flexibility index (Phi) is 6.83. The molecule has 2 nitrogen and oxygen atoms in total. The molecular formula is C18H36N2. The van der Waals surface area contributed by atoms with Gasteiger partial charge in [0.2, 0.25) is 0 Å². The van der Waals surface area contributed by atoms with Crippen LogP contribution in [0.15, 0.2) is 0 Å². The van der Waals surface area contributed by atoms with Crippen LogP contribution in [0.1, 0.15) is 65.2 Å². The number of likely N-dealkylation sites (N-methyl/N-ethyl adjacent to an activating group) is 1. The van der Waals surface area contributed by atoms with Crippen LogP contribution in [0.3, 0.4) is 0 Å². The smallest absolute Gasteiger partial charge is 0.0220 e. The number of hydrogen-bond acceptors (Lipinski definition) is 2. The van der Waals surface area contributed by atoms with Crippen molar-refractivity contribution in [2.45, 2.75) is 71.3 Å². The number of hydrogen-bond donors (Lipinski definition) is 1. The number of nitrogens with zero attached hydrogens (tertiary/aromatic N) is 1. The van der Waals surface area contributed by atoms with E-state index < -0.39 is 0 Å². The Morgan fingerprint density at radius 1 is 0.900 bits per heavy atom. The topological polar surface area (TPSA) is 15.3 Å². The maximum Gasteiger partial charge on any atom is 0.0220 e. The predicted molar refractivity (Wildman–Crippen MR) is 88.0 cm³/mol. The minimum atomic E-state index is 0.728. The molecule has 0 amide bonds. The molecule has 2 heteroatoms. The second kappa shape index (κ2) is 8.38. The van der Waals surface area contributed by atoms with Gasteiger partial charge in [0.15, 0.2) is 0 Å². The number of nitrogens with one attached hydrogen (secondary N) is 1. The third kappa shape index (κ3) is 4.73. The average Bonchev–Trinajstić information content (AvgIpc) is 2.71. The second-order valence-corrected chi connectivity index (χ2v) is 7.53. The van der Waals surface area contributed by atoms with Crippen LogP contribution in [0.4, 0.5) is 0 Å². The van der Waals surface area contributed by atoms with Crippen molar-refractivity contribution in [3.05, 3.63) is 0 Å². The molecule has 2 fully saturated rings. The summed E-state index contributed by atoms with van der Waals surface area (Å²) in [5.41, 5.74) is 0. The lowest BCUT2D eigenvalue weighted by Crippen LogP contribution is -2.45. The van der Waals surface area contributed by atoms with Crippen LogP contribution in [-0.2, 0) is 0 Å². The van der Waals surface area contributed by atoms with Gasteiger partial charge in [-0.2, -0.15) is 0 Å². The van der Waals surface area contributed by atoms with Crippen LogP contribution in [0.5, 0.6) is 0 Å². The first-order valence-corrected chi connectivity index (χ1v) is 9.10. The first-order valence-electron chi connectivity index (χ1n) is 9.10. The van der Waals surface area contributed by atoms with E-state index in [1.54, 1.807) is 0 Å². The van der Waals surface area contributed by atoms with E-state index >= 15 is 0 Å². The van der Waals surface area contributed by atoms with Crippen molar-refractivity contribution in [2.24, 2.45) is 17.8 Å². The van der Waals surface area contributed by atoms with Crippen LogP contribution >= 0.6 is 0 Å². The molecule has 1 saturated heterocycles. The molecule has 0 aromatic carbocycles. The summed E-state index contributed by atoms with van der Waals surface area (Å²) in [7, 11) is 2.17. The van der Waals surface area contributed by atoms with Crippen molar-refractivity contribution >= 4 is 0 Å². The fraction of sp³-hybridized carbons (Fsp3) is 1.00. The molecule has 2 unspecified atom stereocenters. The van der Waals surface area contributed by atoms with Crippen molar-refractivity contribution in [1.29, 1.82) is 0 Å². The third-order valence-corrected chi connectivity index (χ3v) is 5.85. The highest BCUT2D eigenvalue weighted by molar-refractivity contribution is 4.82. The Labute approximate surface area is 126 Å². The van der Waals surface area contributed by atoms with Gasteiger partial charge in [0.05, 0.1) is 0 Å². The molecule has 0 aromatic rings. The van der Waals surface area contributed by atoms with Crippen LogP contribution in [-0.4, -0.2) is 37.6 Å². The molecule has 0 radical (unpaired) electrons. The Balaban J connectivity index is 1.81. The average molecular weight is 280 g/mol. The lowest BCUT2D eigenvalue weighted by Gasteiger charge is -2.34. The van der Waals surface area contributed by atoms with E-state index in [9.17, 15) is 0 Å². The van der Waals surface area contributed by atoms with Crippen molar-refractivity contribution in [3.63, 3.8) is 0 Å². The van der Waals surface area contributed by atoms with Gasteiger partial charge in [0.1, 0.15) is 0 Å². The summed E-state index contributed by atoms with van der Waals surface area (Å²) in [6, 6.07) is 0.728. The van der Waals surface area contributed by atoms with E-state index in [4.69, 9.17) is 0 Å². The third-order valence-electron chi connectivity index (χ3n) is 5.85. The maximum absolute atomic E-state index is 3.63. The normalized spacial score (nSPS) is 28.5. The zero-order valence-electron chi connectivity index (χ0n) is 14.0. The molecular weight excluding hydrogens is 244 g/mol. The lowest BCUT2D eigenvalue weighted by atomic mass is 9.83. The molecule has 0 bridgehead atoms. The van der Waals surface area contributed by atoms with Crippen LogP contribution < -0.4 is 5.32 Å². The zero-order chi connectivity index (χ0) is 14.4. The first kappa shape index (κ1) is 16.3. The number of rotatable bonds is 5. The van der Waals surface area contributed by atoms with E-state index in [0.717, 1.165) is 23.8 Å². The molecule has 1 aliphatic carbocycles. The van der Waals surface area contributed by atoms with Crippen molar-refractivity contribution in [2.75, 3.05) is 26.7 Å². The molecule has 1 N–H and O–H groups in total. The Morgan fingerprint density at radius 3 is 2.25 bits per heavy atom. The molecule has 2 aliphatic rings. The van der Waals surface area contributed by atoms with Gasteiger partial charge in [0.25, 0.3) is 0 Å². The standard InChI is InChI=1S/C18H36N2/c1-15(2)16-10-7-12-20(13-11-16)14-18(19-3)17-8-5-4-6-9-17/h15-19H,4-14H2,1-3H3. The summed E-state index contributed by atoms with van der Waals surface area (Å²) in [6.07, 6.45) is 11.6. The van der Waals surface area contributed by atoms with Gasteiger partial charge in [-0.3, -0.25) is 0 Å². The Hall–Kier alpha value is -0.0800. The van der Waals surface area contributed by atoms with Gasteiger partial charge in [0, 0.05) is 12.6 Å². The van der Waals surface area contributed by atoms with Crippen LogP contribution in [0.25, 0.3) is 0 Å². The maximum atomic E-state index is 3.63. The monoisotopic (exact) mass is 280 g/mol. The van der Waals surface area contributed by atoms with Gasteiger partial charge in [-0.1, -0.05) is 33.1 Å². The SMILES string of the molecule is CNC(CN1CCCC(C(C)C)CC1)C1CCCCC1. The van der Waals surface area contributed by atoms with Gasteiger partial charge >= 0.3 is 0 Å². The van der Waals surface area contributed by atoms with Crippen molar-refractivity contribution in [3.8, 4) is 0 Å². The minimum Gasteiger partial charge on any atom is -0.315 e. The Morgan fingerprint density at radius 2 is 1.60 bits per heavy atom. The molecule has 118 valence electrons. The second-order valence-electron chi connectivity index (χ2n) is 7.53.